The molecule has 2 heterocycles. The number of nitrogens with zero attached hydrogens (tertiary/aromatic N) is 3. The molecule has 1 unspecified atom stereocenters. The first-order valence-electron chi connectivity index (χ1n) is 12.6. The minimum absolute atomic E-state index is 0.0135. The Morgan fingerprint density at radius 2 is 2.14 bits per heavy atom. The number of benzene rings is 1. The first-order chi connectivity index (χ1) is 18.1. The maximum absolute atomic E-state index is 13.5. The molecule has 1 aromatic heterocycles. The quantitative estimate of drug-likeness (QED) is 0.136. The minimum atomic E-state index is -0.269. The second-order valence-corrected chi connectivity index (χ2v) is 8.62. The maximum Gasteiger partial charge on any atom is 0.265 e. The summed E-state index contributed by atoms with van der Waals surface area (Å²) in [5, 5.41) is 13.3. The molecule has 0 saturated heterocycles. The Kier molecular flexibility index (Phi) is 11.2. The topological polar surface area (TPSA) is 85.9 Å². The first-order valence-corrected chi connectivity index (χ1v) is 12.6. The fourth-order valence-electron chi connectivity index (χ4n) is 4.09. The molecule has 1 N–H and O–H groups in total. The van der Waals surface area contributed by atoms with E-state index in [1.54, 1.807) is 6.07 Å². The van der Waals surface area contributed by atoms with E-state index in [0.29, 0.717) is 54.4 Å². The Labute approximate surface area is 216 Å². The van der Waals surface area contributed by atoms with Gasteiger partial charge in [-0.05, 0) is 62.5 Å². The molecule has 1 aliphatic rings. The molecular weight excluding hydrogens is 473 g/mol. The molecule has 1 aromatic carbocycles. The van der Waals surface area contributed by atoms with Gasteiger partial charge < -0.3 is 4.84 Å². The molecule has 0 radical (unpaired) electrons. The molecule has 0 bridgehead atoms. The summed E-state index contributed by atoms with van der Waals surface area (Å²) in [6.45, 7) is 6.06. The number of aryl methyl sites for hydroxylation is 1. The van der Waals surface area contributed by atoms with Crippen molar-refractivity contribution in [2.45, 2.75) is 58.0 Å². The second kappa shape index (κ2) is 14.8. The van der Waals surface area contributed by atoms with Gasteiger partial charge in [0, 0.05) is 24.1 Å². The number of hydrogen-bond donors (Lipinski definition) is 1. The molecule has 7 nitrogen and oxygen atoms in total. The van der Waals surface area contributed by atoms with Crippen LogP contribution in [0.3, 0.4) is 0 Å². The van der Waals surface area contributed by atoms with E-state index < -0.39 is 0 Å². The van der Waals surface area contributed by atoms with Gasteiger partial charge in [-0.25, -0.2) is 14.3 Å². The van der Waals surface area contributed by atoms with E-state index in [4.69, 9.17) is 15.1 Å². The lowest BCUT2D eigenvalue weighted by atomic mass is 10.0. The zero-order valence-electron chi connectivity index (χ0n) is 21.2. The summed E-state index contributed by atoms with van der Waals surface area (Å²) < 4.78 is 14.1. The molecule has 0 fully saturated rings. The summed E-state index contributed by atoms with van der Waals surface area (Å²) in [6, 6.07) is 5.46. The van der Waals surface area contributed by atoms with Gasteiger partial charge in [0.1, 0.15) is 11.9 Å². The average Bonchev–Trinajstić information content (AvgIpc) is 3.39. The van der Waals surface area contributed by atoms with Crippen LogP contribution >= 0.6 is 0 Å². The molecule has 3 rings (SSSR count). The zero-order valence-corrected chi connectivity index (χ0v) is 21.2. The van der Waals surface area contributed by atoms with Crippen LogP contribution in [0, 0.1) is 0 Å². The number of hydrogen-bond acceptors (Lipinski definition) is 6. The van der Waals surface area contributed by atoms with Gasteiger partial charge in [0.05, 0.1) is 29.6 Å². The minimum Gasteiger partial charge on any atom is -0.392 e. The average molecular weight is 508 g/mol. The number of unbranched alkanes of at least 4 members (excludes halogenated alkanes) is 1. The van der Waals surface area contributed by atoms with Crippen LogP contribution in [0.4, 0.5) is 4.39 Å². The fourth-order valence-corrected chi connectivity index (χ4v) is 4.09. The van der Waals surface area contributed by atoms with E-state index in [1.807, 2.05) is 18.2 Å². The molecule has 1 atom stereocenters. The van der Waals surface area contributed by atoms with E-state index >= 15 is 0 Å². The van der Waals surface area contributed by atoms with Crippen LogP contribution in [0.25, 0.3) is 16.6 Å². The van der Waals surface area contributed by atoms with Crippen molar-refractivity contribution >= 4 is 22.3 Å². The normalized spacial score (nSPS) is 16.4. The lowest BCUT2D eigenvalue weighted by Crippen LogP contribution is -2.24. The number of oxime groups is 1. The predicted molar refractivity (Wildman–Crippen MR) is 146 cm³/mol. The highest BCUT2D eigenvalue weighted by molar-refractivity contribution is 6.03. The SMILES string of the molecule is C=C/C(=C\C=C\F)n1c(CCCCOO)nc2cc(C3=NOC(CC/C=C\C=C/CC)C3)ccc2c1=O. The predicted octanol–water partition coefficient (Wildman–Crippen LogP) is 6.51. The molecule has 0 amide bonds. The van der Waals surface area contributed by atoms with E-state index in [-0.39, 0.29) is 18.3 Å². The summed E-state index contributed by atoms with van der Waals surface area (Å²) >= 11 is 0. The summed E-state index contributed by atoms with van der Waals surface area (Å²) in [7, 11) is 0. The summed E-state index contributed by atoms with van der Waals surface area (Å²) in [4.78, 5) is 28.1. The Morgan fingerprint density at radius 1 is 1.30 bits per heavy atom. The van der Waals surface area contributed by atoms with Gasteiger partial charge in [0.15, 0.2) is 0 Å². The van der Waals surface area contributed by atoms with Crippen LogP contribution in [-0.4, -0.2) is 33.2 Å². The number of fused-ring (bicyclic) bond motifs is 1. The number of allylic oxidation sites excluding steroid dienone is 8. The van der Waals surface area contributed by atoms with Crippen molar-refractivity contribution in [2.75, 3.05) is 6.61 Å². The molecule has 196 valence electrons. The van der Waals surface area contributed by atoms with Crippen LogP contribution < -0.4 is 5.56 Å². The third-order valence-corrected chi connectivity index (χ3v) is 5.97. The smallest absolute Gasteiger partial charge is 0.265 e. The van der Waals surface area contributed by atoms with Crippen molar-refractivity contribution in [1.82, 2.24) is 9.55 Å². The lowest BCUT2D eigenvalue weighted by molar-refractivity contribution is -0.242. The number of aromatic nitrogens is 2. The summed E-state index contributed by atoms with van der Waals surface area (Å²) in [6.07, 6.45) is 18.1. The summed E-state index contributed by atoms with van der Waals surface area (Å²) in [5.41, 5.74) is 2.39. The Morgan fingerprint density at radius 3 is 2.89 bits per heavy atom. The van der Waals surface area contributed by atoms with Crippen LogP contribution in [-0.2, 0) is 16.1 Å². The van der Waals surface area contributed by atoms with Gasteiger partial charge in [0.25, 0.3) is 5.56 Å². The van der Waals surface area contributed by atoms with E-state index in [9.17, 15) is 9.18 Å². The molecule has 37 heavy (non-hydrogen) atoms. The van der Waals surface area contributed by atoms with Crippen molar-refractivity contribution < 1.29 is 19.4 Å². The highest BCUT2D eigenvalue weighted by atomic mass is 19.1. The highest BCUT2D eigenvalue weighted by Crippen LogP contribution is 2.23. The van der Waals surface area contributed by atoms with E-state index in [0.717, 1.165) is 30.5 Å². The standard InChI is InChI=1S/C29H34FN3O4/c1-3-5-6-7-8-9-14-24-21-26(32-37-24)22-16-17-25-27(20-22)31-28(15-10-11-19-36-35)33(29(25)34)23(4-2)13-12-18-30/h4-8,12-13,16-18,20,24,35H,2-3,9-11,14-15,19,21H2,1H3/b6-5-,8-7-,18-12+,23-13+. The number of halogens is 1. The van der Waals surface area contributed by atoms with Crippen molar-refractivity contribution in [3.8, 4) is 0 Å². The van der Waals surface area contributed by atoms with Gasteiger partial charge in [-0.3, -0.25) is 14.6 Å². The molecule has 8 heteroatoms. The largest absolute Gasteiger partial charge is 0.392 e. The van der Waals surface area contributed by atoms with Crippen LogP contribution in [0.1, 0.15) is 56.8 Å². The second-order valence-electron chi connectivity index (χ2n) is 8.62. The molecule has 1 aliphatic heterocycles. The molecule has 2 aromatic rings. The fraction of sp³-hybridized carbons (Fsp3) is 0.345. The first kappa shape index (κ1) is 28.0. The van der Waals surface area contributed by atoms with Crippen molar-refractivity contribution in [2.24, 2.45) is 5.16 Å². The Balaban J connectivity index is 1.86. The van der Waals surface area contributed by atoms with Crippen molar-refractivity contribution in [3.05, 3.63) is 95.4 Å². The van der Waals surface area contributed by atoms with Gasteiger partial charge in [-0.1, -0.05) is 49.0 Å². The molecule has 0 spiro atoms. The Hall–Kier alpha value is -3.62. The van der Waals surface area contributed by atoms with E-state index in [1.165, 1.54) is 22.8 Å². The molecule has 0 aliphatic carbocycles. The van der Waals surface area contributed by atoms with Gasteiger partial charge >= 0.3 is 0 Å². The zero-order chi connectivity index (χ0) is 26.5. The van der Waals surface area contributed by atoms with Gasteiger partial charge in [-0.2, -0.15) is 0 Å². The Bertz CT molecular complexity index is 1270. The third-order valence-electron chi connectivity index (χ3n) is 5.97. The molecular formula is C29H34FN3O4. The molecule has 0 saturated carbocycles. The van der Waals surface area contributed by atoms with Crippen molar-refractivity contribution in [1.29, 1.82) is 0 Å². The maximum atomic E-state index is 13.5. The monoisotopic (exact) mass is 507 g/mol. The highest BCUT2D eigenvalue weighted by Gasteiger charge is 2.22. The number of rotatable bonds is 14. The van der Waals surface area contributed by atoms with Crippen molar-refractivity contribution in [3.63, 3.8) is 0 Å². The van der Waals surface area contributed by atoms with Crippen LogP contribution in [0.5, 0.6) is 0 Å². The third kappa shape index (κ3) is 7.68. The van der Waals surface area contributed by atoms with E-state index in [2.05, 4.69) is 41.8 Å². The lowest BCUT2D eigenvalue weighted by Gasteiger charge is -2.14. The van der Waals surface area contributed by atoms with Gasteiger partial charge in [0.2, 0.25) is 0 Å². The van der Waals surface area contributed by atoms with Gasteiger partial charge in [-0.15, -0.1) is 0 Å². The van der Waals surface area contributed by atoms with Crippen LogP contribution in [0.2, 0.25) is 0 Å². The van der Waals surface area contributed by atoms with Crippen LogP contribution in [0.15, 0.2) is 83.6 Å². The summed E-state index contributed by atoms with van der Waals surface area (Å²) in [5.74, 6) is 0.511.